The molecule has 0 amide bonds. The van der Waals surface area contributed by atoms with Crippen LogP contribution in [0.5, 0.6) is 0 Å². The summed E-state index contributed by atoms with van der Waals surface area (Å²) in [7, 11) is 0. The highest BCUT2D eigenvalue weighted by molar-refractivity contribution is 5.45. The van der Waals surface area contributed by atoms with Gasteiger partial charge in [0.05, 0.1) is 10.6 Å². The van der Waals surface area contributed by atoms with Gasteiger partial charge in [-0.05, 0) is 32.9 Å². The summed E-state index contributed by atoms with van der Waals surface area (Å²) < 4.78 is 1.60. The number of aromatic nitrogens is 2. The first-order chi connectivity index (χ1) is 8.00. The number of hydrogen-bond donors (Lipinski definition) is 0. The standard InChI is InChI=1S/C12H13N3O2/c1-8-4-6-11(7-5-8)14-10(3)12(15(16)17)9(2)13-14/h4-7H,1-3H3. The zero-order chi connectivity index (χ0) is 12.6. The first-order valence-corrected chi connectivity index (χ1v) is 5.28. The van der Waals surface area contributed by atoms with Crippen LogP contribution in [0.2, 0.25) is 0 Å². The minimum absolute atomic E-state index is 0.0885. The van der Waals surface area contributed by atoms with Gasteiger partial charge >= 0.3 is 5.69 Å². The van der Waals surface area contributed by atoms with E-state index >= 15 is 0 Å². The summed E-state index contributed by atoms with van der Waals surface area (Å²) in [6.07, 6.45) is 0. The zero-order valence-electron chi connectivity index (χ0n) is 9.97. The summed E-state index contributed by atoms with van der Waals surface area (Å²) in [6, 6.07) is 7.71. The highest BCUT2D eigenvalue weighted by atomic mass is 16.6. The molecule has 0 aliphatic rings. The van der Waals surface area contributed by atoms with Crippen molar-refractivity contribution < 1.29 is 4.92 Å². The molecule has 2 rings (SSSR count). The Morgan fingerprint density at radius 2 is 1.76 bits per heavy atom. The Bertz CT molecular complexity index is 570. The van der Waals surface area contributed by atoms with Crippen molar-refractivity contribution in [3.05, 3.63) is 51.3 Å². The fourth-order valence-corrected chi connectivity index (χ4v) is 1.84. The Balaban J connectivity index is 2.57. The van der Waals surface area contributed by atoms with E-state index in [1.807, 2.05) is 31.2 Å². The Kier molecular flexibility index (Phi) is 2.67. The van der Waals surface area contributed by atoms with Crippen LogP contribution in [0.3, 0.4) is 0 Å². The summed E-state index contributed by atoms with van der Waals surface area (Å²) in [5.74, 6) is 0. The Hall–Kier alpha value is -2.17. The van der Waals surface area contributed by atoms with Gasteiger partial charge in [-0.2, -0.15) is 5.10 Å². The summed E-state index contributed by atoms with van der Waals surface area (Å²) in [5, 5.41) is 15.1. The van der Waals surface area contributed by atoms with E-state index in [1.165, 1.54) is 0 Å². The van der Waals surface area contributed by atoms with Crippen molar-refractivity contribution in [3.8, 4) is 5.69 Å². The molecule has 0 radical (unpaired) electrons. The molecule has 1 aromatic heterocycles. The van der Waals surface area contributed by atoms with E-state index in [1.54, 1.807) is 18.5 Å². The lowest BCUT2D eigenvalue weighted by atomic mass is 10.2. The van der Waals surface area contributed by atoms with Gasteiger partial charge in [0, 0.05) is 0 Å². The second-order valence-electron chi connectivity index (χ2n) is 4.02. The minimum Gasteiger partial charge on any atom is -0.258 e. The average Bonchev–Trinajstić information content (AvgIpc) is 2.55. The van der Waals surface area contributed by atoms with E-state index < -0.39 is 0 Å². The van der Waals surface area contributed by atoms with Gasteiger partial charge in [-0.15, -0.1) is 0 Å². The third-order valence-corrected chi connectivity index (χ3v) is 2.71. The topological polar surface area (TPSA) is 61.0 Å². The fourth-order valence-electron chi connectivity index (χ4n) is 1.84. The summed E-state index contributed by atoms with van der Waals surface area (Å²) >= 11 is 0. The Morgan fingerprint density at radius 3 is 2.24 bits per heavy atom. The number of benzene rings is 1. The van der Waals surface area contributed by atoms with Crippen molar-refractivity contribution in [1.29, 1.82) is 0 Å². The fraction of sp³-hybridized carbons (Fsp3) is 0.250. The largest absolute Gasteiger partial charge is 0.313 e. The van der Waals surface area contributed by atoms with Crippen molar-refractivity contribution in [1.82, 2.24) is 9.78 Å². The Labute approximate surface area is 98.8 Å². The van der Waals surface area contributed by atoms with Gasteiger partial charge in [0.15, 0.2) is 0 Å². The monoisotopic (exact) mass is 231 g/mol. The number of hydrogen-bond acceptors (Lipinski definition) is 3. The van der Waals surface area contributed by atoms with Crippen LogP contribution in [0.15, 0.2) is 24.3 Å². The third kappa shape index (κ3) is 1.91. The predicted octanol–water partition coefficient (Wildman–Crippen LogP) is 2.71. The van der Waals surface area contributed by atoms with Crippen LogP contribution in [0, 0.1) is 30.9 Å². The third-order valence-electron chi connectivity index (χ3n) is 2.71. The molecule has 0 saturated heterocycles. The van der Waals surface area contributed by atoms with Crippen LogP contribution in [-0.4, -0.2) is 14.7 Å². The van der Waals surface area contributed by atoms with Crippen LogP contribution in [-0.2, 0) is 0 Å². The molecule has 1 aromatic carbocycles. The maximum Gasteiger partial charge on any atom is 0.313 e. The molecular formula is C12H13N3O2. The molecule has 0 N–H and O–H groups in total. The molecule has 0 spiro atoms. The highest BCUT2D eigenvalue weighted by Gasteiger charge is 2.22. The van der Waals surface area contributed by atoms with Crippen LogP contribution in [0.4, 0.5) is 5.69 Å². The SMILES string of the molecule is Cc1ccc(-n2nc(C)c([N+](=O)[O-])c2C)cc1. The smallest absolute Gasteiger partial charge is 0.258 e. The Morgan fingerprint density at radius 1 is 1.18 bits per heavy atom. The molecule has 5 nitrogen and oxygen atoms in total. The molecule has 88 valence electrons. The molecular weight excluding hydrogens is 218 g/mol. The van der Waals surface area contributed by atoms with Crippen LogP contribution in [0.25, 0.3) is 5.69 Å². The molecule has 2 aromatic rings. The van der Waals surface area contributed by atoms with Gasteiger partial charge in [-0.1, -0.05) is 17.7 Å². The van der Waals surface area contributed by atoms with E-state index in [0.29, 0.717) is 11.4 Å². The van der Waals surface area contributed by atoms with Crippen LogP contribution < -0.4 is 0 Å². The maximum absolute atomic E-state index is 10.9. The predicted molar refractivity (Wildman–Crippen MR) is 64.4 cm³/mol. The number of nitro groups is 1. The molecule has 0 bridgehead atoms. The normalized spacial score (nSPS) is 10.5. The van der Waals surface area contributed by atoms with E-state index in [2.05, 4.69) is 5.10 Å². The lowest BCUT2D eigenvalue weighted by molar-refractivity contribution is -0.386. The lowest BCUT2D eigenvalue weighted by Crippen LogP contribution is -1.99. The number of rotatable bonds is 2. The molecule has 5 heteroatoms. The molecule has 0 saturated carbocycles. The average molecular weight is 231 g/mol. The number of aryl methyl sites for hydroxylation is 2. The van der Waals surface area contributed by atoms with Gasteiger partial charge in [-0.25, -0.2) is 4.68 Å². The molecule has 1 heterocycles. The molecule has 0 aliphatic carbocycles. The summed E-state index contributed by atoms with van der Waals surface area (Å²) in [6.45, 7) is 5.35. The zero-order valence-corrected chi connectivity index (χ0v) is 9.97. The van der Waals surface area contributed by atoms with Crippen molar-refractivity contribution in [2.24, 2.45) is 0 Å². The highest BCUT2D eigenvalue weighted by Crippen LogP contribution is 2.24. The second kappa shape index (κ2) is 4.01. The first kappa shape index (κ1) is 11.3. The minimum atomic E-state index is -0.387. The summed E-state index contributed by atoms with van der Waals surface area (Å²) in [4.78, 5) is 10.5. The number of nitrogens with zero attached hydrogens (tertiary/aromatic N) is 3. The van der Waals surface area contributed by atoms with Gasteiger partial charge in [0.2, 0.25) is 0 Å². The summed E-state index contributed by atoms with van der Waals surface area (Å²) in [5.41, 5.74) is 3.06. The second-order valence-corrected chi connectivity index (χ2v) is 4.02. The molecule has 0 unspecified atom stereocenters. The molecule has 0 fully saturated rings. The van der Waals surface area contributed by atoms with E-state index in [4.69, 9.17) is 0 Å². The van der Waals surface area contributed by atoms with Gasteiger partial charge in [0.25, 0.3) is 0 Å². The quantitative estimate of drug-likeness (QED) is 0.589. The van der Waals surface area contributed by atoms with Gasteiger partial charge in [-0.3, -0.25) is 10.1 Å². The molecule has 0 aliphatic heterocycles. The molecule has 0 atom stereocenters. The van der Waals surface area contributed by atoms with Crippen molar-refractivity contribution in [2.45, 2.75) is 20.8 Å². The van der Waals surface area contributed by atoms with Crippen LogP contribution >= 0.6 is 0 Å². The van der Waals surface area contributed by atoms with Crippen LogP contribution in [0.1, 0.15) is 17.0 Å². The van der Waals surface area contributed by atoms with Crippen molar-refractivity contribution in [3.63, 3.8) is 0 Å². The van der Waals surface area contributed by atoms with Crippen molar-refractivity contribution in [2.75, 3.05) is 0 Å². The van der Waals surface area contributed by atoms with Gasteiger partial charge in [0.1, 0.15) is 11.4 Å². The van der Waals surface area contributed by atoms with Crippen molar-refractivity contribution >= 4 is 5.69 Å². The van der Waals surface area contributed by atoms with E-state index in [9.17, 15) is 10.1 Å². The first-order valence-electron chi connectivity index (χ1n) is 5.28. The van der Waals surface area contributed by atoms with E-state index in [-0.39, 0.29) is 10.6 Å². The lowest BCUT2D eigenvalue weighted by Gasteiger charge is -2.03. The van der Waals surface area contributed by atoms with E-state index in [0.717, 1.165) is 11.3 Å². The molecule has 17 heavy (non-hydrogen) atoms. The maximum atomic E-state index is 10.9. The van der Waals surface area contributed by atoms with Gasteiger partial charge < -0.3 is 0 Å².